The minimum atomic E-state index is 0.0398. The van der Waals surface area contributed by atoms with Crippen LogP contribution in [0.4, 0.5) is 0 Å². The summed E-state index contributed by atoms with van der Waals surface area (Å²) in [5, 5.41) is 12.5. The molecule has 0 spiro atoms. The van der Waals surface area contributed by atoms with Crippen LogP contribution in [0, 0.1) is 6.92 Å². The van der Waals surface area contributed by atoms with Gasteiger partial charge < -0.3 is 4.90 Å². The molecule has 0 saturated heterocycles. The number of tetrazole rings is 1. The molecular formula is C21H25N5OS. The summed E-state index contributed by atoms with van der Waals surface area (Å²) in [5.41, 5.74) is 4.48. The number of aryl methyl sites for hydroxylation is 1. The van der Waals surface area contributed by atoms with Crippen LogP contribution >= 0.6 is 11.8 Å². The molecule has 3 aromatic rings. The summed E-state index contributed by atoms with van der Waals surface area (Å²) in [4.78, 5) is 14.3. The average molecular weight is 396 g/mol. The Hall–Kier alpha value is -2.67. The smallest absolute Gasteiger partial charge is 0.233 e. The molecule has 3 rings (SSSR count). The van der Waals surface area contributed by atoms with Crippen molar-refractivity contribution in [2.45, 2.75) is 38.4 Å². The first-order valence-corrected chi connectivity index (χ1v) is 10.2. The minimum Gasteiger partial charge on any atom is -0.341 e. The summed E-state index contributed by atoms with van der Waals surface area (Å²) in [7, 11) is 1.82. The number of amides is 1. The van der Waals surface area contributed by atoms with E-state index >= 15 is 0 Å². The van der Waals surface area contributed by atoms with Gasteiger partial charge in [0.05, 0.1) is 11.4 Å². The first kappa shape index (κ1) is 20.1. The monoisotopic (exact) mass is 395 g/mol. The molecule has 0 bridgehead atoms. The Labute approximate surface area is 169 Å². The highest BCUT2D eigenvalue weighted by Gasteiger charge is 2.15. The zero-order valence-corrected chi connectivity index (χ0v) is 17.5. The second-order valence-corrected chi connectivity index (χ2v) is 8.03. The van der Waals surface area contributed by atoms with Crippen molar-refractivity contribution in [1.29, 1.82) is 0 Å². The van der Waals surface area contributed by atoms with E-state index in [4.69, 9.17) is 0 Å². The van der Waals surface area contributed by atoms with Gasteiger partial charge in [-0.15, -0.1) is 5.10 Å². The van der Waals surface area contributed by atoms with Gasteiger partial charge in [0, 0.05) is 13.6 Å². The fourth-order valence-electron chi connectivity index (χ4n) is 2.80. The standard InChI is InChI=1S/C21H25N5OS/c1-15(2)17-9-11-19(12-10-17)26-21(22-23-24-26)28-14-20(27)25(4)13-18-8-6-5-7-16(18)3/h5-12,15H,13-14H2,1-4H3. The number of benzene rings is 2. The van der Waals surface area contributed by atoms with Crippen molar-refractivity contribution in [1.82, 2.24) is 25.1 Å². The lowest BCUT2D eigenvalue weighted by Gasteiger charge is -2.18. The van der Waals surface area contributed by atoms with Crippen LogP contribution in [0.3, 0.4) is 0 Å². The van der Waals surface area contributed by atoms with Gasteiger partial charge in [-0.25, -0.2) is 0 Å². The van der Waals surface area contributed by atoms with Crippen molar-refractivity contribution in [2.24, 2.45) is 0 Å². The highest BCUT2D eigenvalue weighted by atomic mass is 32.2. The molecule has 0 unspecified atom stereocenters. The third-order valence-electron chi connectivity index (χ3n) is 4.66. The Kier molecular flexibility index (Phi) is 6.46. The van der Waals surface area contributed by atoms with Gasteiger partial charge in [-0.05, 0) is 52.1 Å². The van der Waals surface area contributed by atoms with E-state index in [1.807, 2.05) is 37.4 Å². The Morgan fingerprint density at radius 3 is 2.54 bits per heavy atom. The minimum absolute atomic E-state index is 0.0398. The van der Waals surface area contributed by atoms with Crippen LogP contribution in [0.1, 0.15) is 36.5 Å². The van der Waals surface area contributed by atoms with Crippen LogP contribution in [0.25, 0.3) is 5.69 Å². The molecule has 0 fully saturated rings. The van der Waals surface area contributed by atoms with Crippen LogP contribution in [0.15, 0.2) is 53.7 Å². The summed E-state index contributed by atoms with van der Waals surface area (Å²) < 4.78 is 1.67. The summed E-state index contributed by atoms with van der Waals surface area (Å²) in [6.07, 6.45) is 0. The van der Waals surface area contributed by atoms with Crippen molar-refractivity contribution in [2.75, 3.05) is 12.8 Å². The van der Waals surface area contributed by atoms with E-state index in [0.29, 0.717) is 17.6 Å². The van der Waals surface area contributed by atoms with Gasteiger partial charge >= 0.3 is 0 Å². The fraction of sp³-hybridized carbons (Fsp3) is 0.333. The Bertz CT molecular complexity index is 936. The quantitative estimate of drug-likeness (QED) is 0.569. The number of nitrogens with zero attached hydrogens (tertiary/aromatic N) is 5. The van der Waals surface area contributed by atoms with Gasteiger partial charge in [0.15, 0.2) is 0 Å². The zero-order valence-electron chi connectivity index (χ0n) is 16.7. The van der Waals surface area contributed by atoms with E-state index in [1.54, 1.807) is 9.58 Å². The molecule has 1 aromatic heterocycles. The van der Waals surface area contributed by atoms with Gasteiger partial charge in [-0.2, -0.15) is 4.68 Å². The second-order valence-electron chi connectivity index (χ2n) is 7.08. The lowest BCUT2D eigenvalue weighted by atomic mass is 10.0. The molecule has 146 valence electrons. The second kappa shape index (κ2) is 9.01. The van der Waals surface area contributed by atoms with Gasteiger partial charge in [-0.1, -0.05) is 62.0 Å². The SMILES string of the molecule is Cc1ccccc1CN(C)C(=O)CSc1nnnn1-c1ccc(C(C)C)cc1. The van der Waals surface area contributed by atoms with E-state index in [-0.39, 0.29) is 11.7 Å². The number of thioether (sulfide) groups is 1. The van der Waals surface area contributed by atoms with Crippen molar-refractivity contribution in [3.8, 4) is 5.69 Å². The maximum Gasteiger partial charge on any atom is 0.233 e. The summed E-state index contributed by atoms with van der Waals surface area (Å²) in [6.45, 7) is 6.97. The van der Waals surface area contributed by atoms with Crippen molar-refractivity contribution >= 4 is 17.7 Å². The van der Waals surface area contributed by atoms with E-state index in [1.165, 1.54) is 22.9 Å². The largest absolute Gasteiger partial charge is 0.341 e. The first-order chi connectivity index (χ1) is 13.5. The number of carbonyl (C=O) groups excluding carboxylic acids is 1. The lowest BCUT2D eigenvalue weighted by Crippen LogP contribution is -2.28. The van der Waals surface area contributed by atoms with Gasteiger partial charge in [0.25, 0.3) is 0 Å². The molecule has 0 atom stereocenters. The molecule has 0 saturated carbocycles. The van der Waals surface area contributed by atoms with Crippen molar-refractivity contribution < 1.29 is 4.79 Å². The number of carbonyl (C=O) groups is 1. The van der Waals surface area contributed by atoms with Gasteiger partial charge in [0.2, 0.25) is 11.1 Å². The van der Waals surface area contributed by atoms with Crippen molar-refractivity contribution in [3.05, 3.63) is 65.2 Å². The van der Waals surface area contributed by atoms with E-state index in [0.717, 1.165) is 11.3 Å². The van der Waals surface area contributed by atoms with Gasteiger partial charge in [-0.3, -0.25) is 4.79 Å². The molecule has 1 amide bonds. The molecule has 0 aliphatic heterocycles. The van der Waals surface area contributed by atoms with E-state index in [2.05, 4.69) is 54.5 Å². The zero-order chi connectivity index (χ0) is 20.1. The highest BCUT2D eigenvalue weighted by Crippen LogP contribution is 2.21. The molecule has 6 nitrogen and oxygen atoms in total. The fourth-order valence-corrected chi connectivity index (χ4v) is 3.63. The number of hydrogen-bond donors (Lipinski definition) is 0. The molecular weight excluding hydrogens is 370 g/mol. The molecule has 7 heteroatoms. The average Bonchev–Trinajstić information content (AvgIpc) is 3.16. The predicted molar refractivity (Wildman–Crippen MR) is 112 cm³/mol. The first-order valence-electron chi connectivity index (χ1n) is 9.25. The molecule has 0 N–H and O–H groups in total. The van der Waals surface area contributed by atoms with Crippen LogP contribution in [-0.4, -0.2) is 43.8 Å². The van der Waals surface area contributed by atoms with Crippen LogP contribution in [-0.2, 0) is 11.3 Å². The lowest BCUT2D eigenvalue weighted by molar-refractivity contribution is -0.127. The molecule has 2 aromatic carbocycles. The van der Waals surface area contributed by atoms with Crippen LogP contribution in [0.2, 0.25) is 0 Å². The third kappa shape index (κ3) is 4.78. The summed E-state index contributed by atoms with van der Waals surface area (Å²) in [5.74, 6) is 0.795. The number of hydrogen-bond acceptors (Lipinski definition) is 5. The molecule has 0 aliphatic rings. The summed E-state index contributed by atoms with van der Waals surface area (Å²) in [6, 6.07) is 16.3. The number of aromatic nitrogens is 4. The van der Waals surface area contributed by atoms with E-state index in [9.17, 15) is 4.79 Å². The van der Waals surface area contributed by atoms with Crippen LogP contribution in [0.5, 0.6) is 0 Å². The normalized spacial score (nSPS) is 11.0. The Morgan fingerprint density at radius 2 is 1.86 bits per heavy atom. The third-order valence-corrected chi connectivity index (χ3v) is 5.57. The highest BCUT2D eigenvalue weighted by molar-refractivity contribution is 7.99. The molecule has 28 heavy (non-hydrogen) atoms. The van der Waals surface area contributed by atoms with Gasteiger partial charge in [0.1, 0.15) is 0 Å². The summed E-state index contributed by atoms with van der Waals surface area (Å²) >= 11 is 1.35. The van der Waals surface area contributed by atoms with Crippen molar-refractivity contribution in [3.63, 3.8) is 0 Å². The number of rotatable bonds is 7. The maximum absolute atomic E-state index is 12.5. The Morgan fingerprint density at radius 1 is 1.14 bits per heavy atom. The Balaban J connectivity index is 1.63. The maximum atomic E-state index is 12.5. The molecule has 0 aliphatic carbocycles. The molecule has 1 heterocycles. The topological polar surface area (TPSA) is 63.9 Å². The predicted octanol–water partition coefficient (Wildman–Crippen LogP) is 3.84. The molecule has 0 radical (unpaired) electrons. The van der Waals surface area contributed by atoms with Crippen LogP contribution < -0.4 is 0 Å². The van der Waals surface area contributed by atoms with E-state index < -0.39 is 0 Å².